The van der Waals surface area contributed by atoms with Crippen molar-refractivity contribution in [3.8, 4) is 0 Å². The monoisotopic (exact) mass is 333 g/mol. The Morgan fingerprint density at radius 2 is 2.00 bits per heavy atom. The Balaban J connectivity index is 2.43. The molecule has 0 radical (unpaired) electrons. The quantitative estimate of drug-likeness (QED) is 0.803. The van der Waals surface area contributed by atoms with E-state index in [0.29, 0.717) is 12.5 Å². The SMILES string of the molecule is CC(C)CNCC(O)CS(=O)c1ccccc1Br. The summed E-state index contributed by atoms with van der Waals surface area (Å²) in [6.45, 7) is 5.56. The summed E-state index contributed by atoms with van der Waals surface area (Å²) in [5, 5.41) is 13.0. The van der Waals surface area contributed by atoms with Crippen molar-refractivity contribution in [2.75, 3.05) is 18.8 Å². The lowest BCUT2D eigenvalue weighted by molar-refractivity contribution is 0.193. The Labute approximate surface area is 120 Å². The van der Waals surface area contributed by atoms with Crippen LogP contribution in [0.15, 0.2) is 33.6 Å². The molecule has 2 unspecified atom stereocenters. The molecule has 0 bridgehead atoms. The van der Waals surface area contributed by atoms with Crippen LogP contribution in [0, 0.1) is 5.92 Å². The average molecular weight is 334 g/mol. The van der Waals surface area contributed by atoms with E-state index in [1.54, 1.807) is 0 Å². The van der Waals surface area contributed by atoms with Crippen LogP contribution in [0.5, 0.6) is 0 Å². The molecule has 0 heterocycles. The lowest BCUT2D eigenvalue weighted by Gasteiger charge is -2.13. The van der Waals surface area contributed by atoms with Crippen LogP contribution in [0.25, 0.3) is 0 Å². The molecule has 3 nitrogen and oxygen atoms in total. The highest BCUT2D eigenvalue weighted by molar-refractivity contribution is 9.10. The van der Waals surface area contributed by atoms with Crippen LogP contribution in [0.2, 0.25) is 0 Å². The minimum atomic E-state index is -1.18. The van der Waals surface area contributed by atoms with Crippen molar-refractivity contribution in [2.45, 2.75) is 24.8 Å². The molecule has 0 saturated heterocycles. The van der Waals surface area contributed by atoms with E-state index >= 15 is 0 Å². The second-order valence-electron chi connectivity index (χ2n) is 4.65. The predicted octanol–water partition coefficient (Wildman–Crippen LogP) is 2.16. The van der Waals surface area contributed by atoms with Crippen LogP contribution >= 0.6 is 15.9 Å². The minimum Gasteiger partial charge on any atom is -0.391 e. The first-order valence-corrected chi connectivity index (χ1v) is 8.13. The van der Waals surface area contributed by atoms with Gasteiger partial charge in [0, 0.05) is 11.0 Å². The Morgan fingerprint density at radius 1 is 1.33 bits per heavy atom. The fourth-order valence-corrected chi connectivity index (χ4v) is 3.48. The van der Waals surface area contributed by atoms with E-state index in [1.807, 2.05) is 24.3 Å². The van der Waals surface area contributed by atoms with Gasteiger partial charge in [-0.05, 0) is 40.5 Å². The molecule has 2 atom stereocenters. The van der Waals surface area contributed by atoms with Gasteiger partial charge in [-0.3, -0.25) is 4.21 Å². The number of hydrogen-bond donors (Lipinski definition) is 2. The van der Waals surface area contributed by atoms with Gasteiger partial charge in [0.2, 0.25) is 0 Å². The number of benzene rings is 1. The van der Waals surface area contributed by atoms with Gasteiger partial charge < -0.3 is 10.4 Å². The summed E-state index contributed by atoms with van der Waals surface area (Å²) >= 11 is 3.37. The van der Waals surface area contributed by atoms with E-state index in [-0.39, 0.29) is 5.75 Å². The van der Waals surface area contributed by atoms with Gasteiger partial charge in [-0.1, -0.05) is 26.0 Å². The first-order valence-electron chi connectivity index (χ1n) is 6.02. The molecule has 0 aliphatic carbocycles. The zero-order chi connectivity index (χ0) is 13.5. The first-order chi connectivity index (χ1) is 8.50. The van der Waals surface area contributed by atoms with Crippen LogP contribution in [0.3, 0.4) is 0 Å². The van der Waals surface area contributed by atoms with Crippen LogP contribution in [-0.2, 0) is 10.8 Å². The normalized spacial score (nSPS) is 14.7. The van der Waals surface area contributed by atoms with Gasteiger partial charge in [-0.2, -0.15) is 0 Å². The van der Waals surface area contributed by atoms with E-state index < -0.39 is 16.9 Å². The van der Waals surface area contributed by atoms with Crippen molar-refractivity contribution in [1.82, 2.24) is 5.32 Å². The third-order valence-electron chi connectivity index (χ3n) is 2.36. The van der Waals surface area contributed by atoms with E-state index in [1.165, 1.54) is 0 Å². The van der Waals surface area contributed by atoms with E-state index in [9.17, 15) is 9.32 Å². The number of halogens is 1. The van der Waals surface area contributed by atoms with Crippen molar-refractivity contribution < 1.29 is 9.32 Å². The third kappa shape index (κ3) is 5.61. The zero-order valence-corrected chi connectivity index (χ0v) is 13.1. The van der Waals surface area contributed by atoms with Crippen LogP contribution in [-0.4, -0.2) is 34.3 Å². The van der Waals surface area contributed by atoms with Gasteiger partial charge >= 0.3 is 0 Å². The van der Waals surface area contributed by atoms with Crippen LogP contribution in [0.1, 0.15) is 13.8 Å². The summed E-state index contributed by atoms with van der Waals surface area (Å²) in [5.74, 6) is 0.805. The molecule has 102 valence electrons. The molecule has 0 saturated carbocycles. The molecule has 0 spiro atoms. The molecule has 5 heteroatoms. The van der Waals surface area contributed by atoms with E-state index in [4.69, 9.17) is 0 Å². The Kier molecular flexibility index (Phi) is 7.07. The van der Waals surface area contributed by atoms with Gasteiger partial charge in [-0.15, -0.1) is 0 Å². The number of rotatable bonds is 7. The smallest absolute Gasteiger partial charge is 0.0783 e. The van der Waals surface area contributed by atoms with Crippen molar-refractivity contribution in [3.63, 3.8) is 0 Å². The molecule has 1 aromatic rings. The molecule has 1 rings (SSSR count). The molecular weight excluding hydrogens is 314 g/mol. The highest BCUT2D eigenvalue weighted by Gasteiger charge is 2.13. The van der Waals surface area contributed by atoms with Crippen molar-refractivity contribution in [3.05, 3.63) is 28.7 Å². The Morgan fingerprint density at radius 3 is 2.61 bits per heavy atom. The number of aliphatic hydroxyl groups is 1. The molecule has 18 heavy (non-hydrogen) atoms. The van der Waals surface area contributed by atoms with E-state index in [0.717, 1.165) is 15.9 Å². The maximum absolute atomic E-state index is 12.1. The number of aliphatic hydroxyl groups excluding tert-OH is 1. The molecule has 0 fully saturated rings. The second kappa shape index (κ2) is 8.04. The molecule has 0 amide bonds. The van der Waals surface area contributed by atoms with E-state index in [2.05, 4.69) is 35.1 Å². The largest absolute Gasteiger partial charge is 0.391 e. The third-order valence-corrected chi connectivity index (χ3v) is 4.85. The van der Waals surface area contributed by atoms with Crippen molar-refractivity contribution in [2.24, 2.45) is 5.92 Å². The highest BCUT2D eigenvalue weighted by atomic mass is 79.9. The summed E-state index contributed by atoms with van der Waals surface area (Å²) < 4.78 is 12.9. The summed E-state index contributed by atoms with van der Waals surface area (Å²) in [5.41, 5.74) is 0. The van der Waals surface area contributed by atoms with Gasteiger partial charge in [0.25, 0.3) is 0 Å². The lowest BCUT2D eigenvalue weighted by Crippen LogP contribution is -2.33. The fourth-order valence-electron chi connectivity index (χ4n) is 1.49. The standard InChI is InChI=1S/C13H20BrNO2S/c1-10(2)7-15-8-11(16)9-18(17)13-6-4-3-5-12(13)14/h3-6,10-11,15-16H,7-9H2,1-2H3. The summed E-state index contributed by atoms with van der Waals surface area (Å²) in [6, 6.07) is 7.40. The number of nitrogens with one attached hydrogen (secondary N) is 1. The minimum absolute atomic E-state index is 0.258. The van der Waals surface area contributed by atoms with Gasteiger partial charge in [-0.25, -0.2) is 0 Å². The maximum Gasteiger partial charge on any atom is 0.0783 e. The molecule has 0 aromatic heterocycles. The first kappa shape index (κ1) is 15.8. The van der Waals surface area contributed by atoms with Crippen LogP contribution in [0.4, 0.5) is 0 Å². The Hall–Kier alpha value is -0.230. The van der Waals surface area contributed by atoms with Crippen molar-refractivity contribution >= 4 is 26.7 Å². The molecule has 2 N–H and O–H groups in total. The number of hydrogen-bond acceptors (Lipinski definition) is 3. The summed E-state index contributed by atoms with van der Waals surface area (Å²) in [7, 11) is -1.18. The molecule has 0 aliphatic rings. The maximum atomic E-state index is 12.1. The predicted molar refractivity (Wildman–Crippen MR) is 79.1 cm³/mol. The second-order valence-corrected chi connectivity index (χ2v) is 6.97. The summed E-state index contributed by atoms with van der Waals surface area (Å²) in [4.78, 5) is 0.736. The zero-order valence-electron chi connectivity index (χ0n) is 10.7. The lowest BCUT2D eigenvalue weighted by atomic mass is 10.2. The topological polar surface area (TPSA) is 49.3 Å². The summed E-state index contributed by atoms with van der Waals surface area (Å²) in [6.07, 6.45) is -0.586. The van der Waals surface area contributed by atoms with Gasteiger partial charge in [0.05, 0.1) is 27.6 Å². The fraction of sp³-hybridized carbons (Fsp3) is 0.538. The molecule has 1 aromatic carbocycles. The Bertz CT molecular complexity index is 398. The molecule has 0 aliphatic heterocycles. The van der Waals surface area contributed by atoms with Gasteiger partial charge in [0.1, 0.15) is 0 Å². The highest BCUT2D eigenvalue weighted by Crippen LogP contribution is 2.20. The van der Waals surface area contributed by atoms with Crippen LogP contribution < -0.4 is 5.32 Å². The molecular formula is C13H20BrNO2S. The average Bonchev–Trinajstić information content (AvgIpc) is 2.28. The van der Waals surface area contributed by atoms with Crippen molar-refractivity contribution in [1.29, 1.82) is 0 Å². The van der Waals surface area contributed by atoms with Gasteiger partial charge in [0.15, 0.2) is 0 Å².